The van der Waals surface area contributed by atoms with E-state index in [0.29, 0.717) is 11.8 Å². The van der Waals surface area contributed by atoms with Crippen LogP contribution >= 0.6 is 0 Å². The summed E-state index contributed by atoms with van der Waals surface area (Å²) in [5.74, 6) is 2.02. The Morgan fingerprint density at radius 2 is 2.36 bits per heavy atom. The molecule has 0 amide bonds. The lowest BCUT2D eigenvalue weighted by molar-refractivity contribution is 0.236. The van der Waals surface area contributed by atoms with Crippen molar-refractivity contribution in [1.82, 2.24) is 4.98 Å². The van der Waals surface area contributed by atoms with Crippen molar-refractivity contribution in [2.24, 2.45) is 0 Å². The molecule has 11 heavy (non-hydrogen) atoms. The van der Waals surface area contributed by atoms with Crippen molar-refractivity contribution in [3.8, 4) is 0 Å². The molecule has 2 rings (SSSR count). The van der Waals surface area contributed by atoms with Crippen molar-refractivity contribution in [2.75, 3.05) is 0 Å². The van der Waals surface area contributed by atoms with Crippen LogP contribution in [0.4, 0.5) is 0 Å². The molecule has 0 spiro atoms. The van der Waals surface area contributed by atoms with Gasteiger partial charge in [-0.05, 0) is 19.8 Å². The van der Waals surface area contributed by atoms with Crippen molar-refractivity contribution in [1.29, 1.82) is 0 Å². The summed E-state index contributed by atoms with van der Waals surface area (Å²) in [7, 11) is 0. The molecule has 1 aromatic rings. The van der Waals surface area contributed by atoms with E-state index >= 15 is 0 Å². The predicted molar refractivity (Wildman–Crippen MR) is 39.1 cm³/mol. The average molecular weight is 153 g/mol. The van der Waals surface area contributed by atoms with Crippen LogP contribution in [0.2, 0.25) is 0 Å². The lowest BCUT2D eigenvalue weighted by Gasteiger charge is -1.88. The summed E-state index contributed by atoms with van der Waals surface area (Å²) in [4.78, 5) is 4.07. The summed E-state index contributed by atoms with van der Waals surface area (Å²) >= 11 is 0. The molecule has 60 valence electrons. The predicted octanol–water partition coefficient (Wildman–Crippen LogP) is 1.35. The first-order valence-corrected chi connectivity index (χ1v) is 3.88. The number of aliphatic hydroxyl groups excluding tert-OH is 1. The van der Waals surface area contributed by atoms with Crippen LogP contribution in [0.1, 0.15) is 36.1 Å². The molecule has 1 aliphatic rings. The molecule has 0 atom stereocenters. The summed E-state index contributed by atoms with van der Waals surface area (Å²) in [6.07, 6.45) is 2.42. The molecule has 3 nitrogen and oxygen atoms in total. The smallest absolute Gasteiger partial charge is 0.220 e. The highest BCUT2D eigenvalue weighted by molar-refractivity contribution is 5.17. The zero-order chi connectivity index (χ0) is 7.84. The maximum atomic E-state index is 8.72. The van der Waals surface area contributed by atoms with Crippen LogP contribution in [0.15, 0.2) is 4.42 Å². The van der Waals surface area contributed by atoms with Crippen LogP contribution in [-0.2, 0) is 6.61 Å². The Kier molecular flexibility index (Phi) is 1.46. The van der Waals surface area contributed by atoms with Crippen molar-refractivity contribution in [2.45, 2.75) is 32.3 Å². The number of aryl methyl sites for hydroxylation is 1. The zero-order valence-electron chi connectivity index (χ0n) is 6.50. The van der Waals surface area contributed by atoms with Gasteiger partial charge in [0.25, 0.3) is 0 Å². The summed E-state index contributed by atoms with van der Waals surface area (Å²) < 4.78 is 5.33. The summed E-state index contributed by atoms with van der Waals surface area (Å²) in [6, 6.07) is 0. The molecule has 1 heterocycles. The molecule has 0 saturated heterocycles. The minimum Gasteiger partial charge on any atom is -0.443 e. The Morgan fingerprint density at radius 1 is 1.64 bits per heavy atom. The van der Waals surface area contributed by atoms with Gasteiger partial charge in [0.15, 0.2) is 0 Å². The first-order chi connectivity index (χ1) is 5.31. The normalized spacial score (nSPS) is 17.3. The van der Waals surface area contributed by atoms with Gasteiger partial charge in [-0.25, -0.2) is 4.98 Å². The highest BCUT2D eigenvalue weighted by Crippen LogP contribution is 2.41. The third-order valence-electron chi connectivity index (χ3n) is 1.96. The van der Waals surface area contributed by atoms with Crippen LogP contribution in [0, 0.1) is 6.92 Å². The number of rotatable bonds is 2. The third kappa shape index (κ3) is 1.16. The van der Waals surface area contributed by atoms with E-state index in [0.717, 1.165) is 11.5 Å². The molecule has 1 aliphatic carbocycles. The topological polar surface area (TPSA) is 46.3 Å². The molecule has 1 fully saturated rings. The van der Waals surface area contributed by atoms with Gasteiger partial charge >= 0.3 is 0 Å². The van der Waals surface area contributed by atoms with Crippen LogP contribution in [0.3, 0.4) is 0 Å². The largest absolute Gasteiger partial charge is 0.443 e. The van der Waals surface area contributed by atoms with Crippen LogP contribution in [0.5, 0.6) is 0 Å². The van der Waals surface area contributed by atoms with E-state index in [1.807, 2.05) is 6.92 Å². The van der Waals surface area contributed by atoms with Crippen LogP contribution in [0.25, 0.3) is 0 Å². The molecule has 0 unspecified atom stereocenters. The minimum atomic E-state index is -0.0897. The average Bonchev–Trinajstić information content (AvgIpc) is 2.76. The van der Waals surface area contributed by atoms with E-state index in [9.17, 15) is 0 Å². The maximum absolute atomic E-state index is 8.72. The van der Waals surface area contributed by atoms with Crippen LogP contribution in [-0.4, -0.2) is 10.1 Å². The third-order valence-corrected chi connectivity index (χ3v) is 1.96. The molecule has 0 aromatic carbocycles. The number of oxazole rings is 1. The Balaban J connectivity index is 2.30. The van der Waals surface area contributed by atoms with Gasteiger partial charge in [-0.3, -0.25) is 0 Å². The minimum absolute atomic E-state index is 0.0897. The second-order valence-corrected chi connectivity index (χ2v) is 2.99. The fourth-order valence-electron chi connectivity index (χ4n) is 1.26. The van der Waals surface area contributed by atoms with Gasteiger partial charge in [-0.15, -0.1) is 0 Å². The van der Waals surface area contributed by atoms with E-state index in [1.165, 1.54) is 12.8 Å². The number of aliphatic hydroxyl groups is 1. The summed E-state index contributed by atoms with van der Waals surface area (Å²) in [5.41, 5.74) is 0.941. The second-order valence-electron chi connectivity index (χ2n) is 2.99. The summed E-state index contributed by atoms with van der Waals surface area (Å²) in [6.45, 7) is 1.84. The van der Waals surface area contributed by atoms with Gasteiger partial charge in [0.1, 0.15) is 12.4 Å². The van der Waals surface area contributed by atoms with Crippen LogP contribution < -0.4 is 0 Å². The Labute approximate surface area is 65.1 Å². The number of hydrogen-bond donors (Lipinski definition) is 1. The molecule has 0 aliphatic heterocycles. The van der Waals surface area contributed by atoms with E-state index in [1.54, 1.807) is 0 Å². The Morgan fingerprint density at radius 3 is 2.82 bits per heavy atom. The quantitative estimate of drug-likeness (QED) is 0.697. The van der Waals surface area contributed by atoms with Crippen molar-refractivity contribution < 1.29 is 9.52 Å². The van der Waals surface area contributed by atoms with E-state index in [4.69, 9.17) is 9.52 Å². The highest BCUT2D eigenvalue weighted by Gasteiger charge is 2.29. The fourth-order valence-corrected chi connectivity index (χ4v) is 1.26. The van der Waals surface area contributed by atoms with Crippen molar-refractivity contribution in [3.05, 3.63) is 17.3 Å². The first kappa shape index (κ1) is 6.85. The molecule has 1 N–H and O–H groups in total. The number of aromatic nitrogens is 1. The highest BCUT2D eigenvalue weighted by atomic mass is 16.4. The number of nitrogens with zero attached hydrogens (tertiary/aromatic N) is 1. The van der Waals surface area contributed by atoms with Crippen molar-refractivity contribution in [3.63, 3.8) is 0 Å². The van der Waals surface area contributed by atoms with Gasteiger partial charge in [0, 0.05) is 5.92 Å². The monoisotopic (exact) mass is 153 g/mol. The first-order valence-electron chi connectivity index (χ1n) is 3.88. The Hall–Kier alpha value is -0.830. The molecule has 3 heteroatoms. The lowest BCUT2D eigenvalue weighted by atomic mass is 10.3. The lowest BCUT2D eigenvalue weighted by Crippen LogP contribution is -1.80. The number of hydrogen-bond acceptors (Lipinski definition) is 3. The van der Waals surface area contributed by atoms with E-state index in [-0.39, 0.29) is 6.61 Å². The summed E-state index contributed by atoms with van der Waals surface area (Å²) in [5, 5.41) is 8.72. The molecular weight excluding hydrogens is 142 g/mol. The molecular formula is C8H11NO2. The van der Waals surface area contributed by atoms with Gasteiger partial charge in [0.2, 0.25) is 5.89 Å². The standard InChI is InChI=1S/C8H11NO2/c1-5-8(6-2-3-6)11-7(4-10)9-5/h6,10H,2-4H2,1H3. The molecule has 1 saturated carbocycles. The molecule has 1 aromatic heterocycles. The zero-order valence-corrected chi connectivity index (χ0v) is 6.50. The molecule has 0 radical (unpaired) electrons. The fraction of sp³-hybridized carbons (Fsp3) is 0.625. The van der Waals surface area contributed by atoms with E-state index < -0.39 is 0 Å². The van der Waals surface area contributed by atoms with Gasteiger partial charge < -0.3 is 9.52 Å². The van der Waals surface area contributed by atoms with E-state index in [2.05, 4.69) is 4.98 Å². The maximum Gasteiger partial charge on any atom is 0.220 e. The van der Waals surface area contributed by atoms with Gasteiger partial charge in [0.05, 0.1) is 5.69 Å². The van der Waals surface area contributed by atoms with Gasteiger partial charge in [-0.2, -0.15) is 0 Å². The molecule has 0 bridgehead atoms. The van der Waals surface area contributed by atoms with Gasteiger partial charge in [-0.1, -0.05) is 0 Å². The van der Waals surface area contributed by atoms with Crippen molar-refractivity contribution >= 4 is 0 Å². The Bertz CT molecular complexity index is 263. The SMILES string of the molecule is Cc1nc(CO)oc1C1CC1. The second kappa shape index (κ2) is 2.34.